The van der Waals surface area contributed by atoms with Crippen LogP contribution in [0.15, 0.2) is 94.0 Å². The molecule has 0 heterocycles. The maximum absolute atomic E-state index is 12.3. The summed E-state index contributed by atoms with van der Waals surface area (Å²) in [6, 6.07) is 22.1. The maximum Gasteiger partial charge on any atom is 0.255 e. The summed E-state index contributed by atoms with van der Waals surface area (Å²) in [5, 5.41) is 11.0. The van der Waals surface area contributed by atoms with Crippen molar-refractivity contribution >= 4 is 32.8 Å². The summed E-state index contributed by atoms with van der Waals surface area (Å²) >= 11 is 0. The Morgan fingerprint density at radius 1 is 0.778 bits per heavy atom. The molecule has 0 unspecified atom stereocenters. The van der Waals surface area contributed by atoms with Gasteiger partial charge in [0.2, 0.25) is 0 Å². The van der Waals surface area contributed by atoms with Crippen LogP contribution in [0.5, 0.6) is 0 Å². The van der Waals surface area contributed by atoms with E-state index in [-0.39, 0.29) is 10.8 Å². The molecule has 0 saturated heterocycles. The predicted molar refractivity (Wildman–Crippen MR) is 105 cm³/mol. The molecule has 7 heteroatoms. The molecule has 0 bridgehead atoms. The van der Waals surface area contributed by atoms with Gasteiger partial charge in [0, 0.05) is 17.5 Å². The number of nitrogens with one attached hydrogen (secondary N) is 1. The molecule has 3 aromatic carbocycles. The number of rotatable bonds is 5. The van der Waals surface area contributed by atoms with Gasteiger partial charge in [-0.3, -0.25) is 4.79 Å². The van der Waals surface area contributed by atoms with E-state index in [0.717, 1.165) is 11.9 Å². The van der Waals surface area contributed by atoms with Crippen molar-refractivity contribution in [3.05, 3.63) is 84.4 Å². The van der Waals surface area contributed by atoms with Gasteiger partial charge >= 0.3 is 0 Å². The Kier molecular flexibility index (Phi) is 5.42. The smallest absolute Gasteiger partial charge is 0.255 e. The zero-order valence-corrected chi connectivity index (χ0v) is 15.3. The lowest BCUT2D eigenvalue weighted by Crippen LogP contribution is -2.11. The van der Waals surface area contributed by atoms with Crippen molar-refractivity contribution in [1.29, 1.82) is 0 Å². The first-order chi connectivity index (χ1) is 12.9. The van der Waals surface area contributed by atoms with Crippen molar-refractivity contribution in [2.24, 2.45) is 10.2 Å². The van der Waals surface area contributed by atoms with E-state index in [2.05, 4.69) is 15.5 Å². The van der Waals surface area contributed by atoms with Gasteiger partial charge in [0.15, 0.2) is 9.84 Å². The number of anilines is 1. The standard InChI is InChI=1S/C20H17N3O3S/c1-27(25,26)19-13-7-15(8-14-19)20(24)21-16-9-11-18(12-10-16)23-22-17-5-3-2-4-6-17/h2-14H,1H3,(H,21,24). The van der Waals surface area contributed by atoms with Crippen molar-refractivity contribution in [3.63, 3.8) is 0 Å². The van der Waals surface area contributed by atoms with E-state index in [1.807, 2.05) is 30.3 Å². The number of carbonyl (C=O) groups is 1. The number of amides is 1. The highest BCUT2D eigenvalue weighted by atomic mass is 32.2. The van der Waals surface area contributed by atoms with Crippen LogP contribution >= 0.6 is 0 Å². The quantitative estimate of drug-likeness (QED) is 0.648. The van der Waals surface area contributed by atoms with Gasteiger partial charge in [-0.25, -0.2) is 8.42 Å². The van der Waals surface area contributed by atoms with Crippen molar-refractivity contribution in [3.8, 4) is 0 Å². The van der Waals surface area contributed by atoms with Crippen molar-refractivity contribution < 1.29 is 13.2 Å². The van der Waals surface area contributed by atoms with Crippen LogP contribution in [0.3, 0.4) is 0 Å². The summed E-state index contributed by atoms with van der Waals surface area (Å²) < 4.78 is 22.9. The Labute approximate surface area is 157 Å². The van der Waals surface area contributed by atoms with Crippen LogP contribution in [0.2, 0.25) is 0 Å². The van der Waals surface area contributed by atoms with Gasteiger partial charge in [-0.15, -0.1) is 0 Å². The van der Waals surface area contributed by atoms with E-state index < -0.39 is 9.84 Å². The minimum absolute atomic E-state index is 0.173. The zero-order valence-electron chi connectivity index (χ0n) is 14.5. The lowest BCUT2D eigenvalue weighted by molar-refractivity contribution is 0.102. The third-order valence-corrected chi connectivity index (χ3v) is 4.84. The number of nitrogens with zero attached hydrogens (tertiary/aromatic N) is 2. The fourth-order valence-corrected chi connectivity index (χ4v) is 2.91. The summed E-state index contributed by atoms with van der Waals surface area (Å²) in [4.78, 5) is 12.4. The number of azo groups is 1. The Balaban J connectivity index is 1.65. The van der Waals surface area contributed by atoms with Gasteiger partial charge in [0.25, 0.3) is 5.91 Å². The summed E-state index contributed by atoms with van der Waals surface area (Å²) in [6.45, 7) is 0. The van der Waals surface area contributed by atoms with Crippen molar-refractivity contribution in [2.45, 2.75) is 4.90 Å². The normalized spacial score (nSPS) is 11.4. The van der Waals surface area contributed by atoms with Crippen LogP contribution < -0.4 is 5.32 Å². The molecule has 0 spiro atoms. The number of hydrogen-bond acceptors (Lipinski definition) is 5. The largest absolute Gasteiger partial charge is 0.322 e. The van der Waals surface area contributed by atoms with Crippen LogP contribution in [0.25, 0.3) is 0 Å². The molecule has 1 N–H and O–H groups in total. The summed E-state index contributed by atoms with van der Waals surface area (Å²) in [5.41, 5.74) is 2.39. The van der Waals surface area contributed by atoms with Crippen LogP contribution in [0.4, 0.5) is 17.1 Å². The van der Waals surface area contributed by atoms with Crippen LogP contribution in [-0.4, -0.2) is 20.6 Å². The molecular weight excluding hydrogens is 362 g/mol. The predicted octanol–water partition coefficient (Wildman–Crippen LogP) is 4.76. The molecule has 136 valence electrons. The van der Waals surface area contributed by atoms with Gasteiger partial charge < -0.3 is 5.32 Å². The maximum atomic E-state index is 12.3. The molecule has 0 radical (unpaired) electrons. The molecule has 3 aromatic rings. The highest BCUT2D eigenvalue weighted by Crippen LogP contribution is 2.20. The van der Waals surface area contributed by atoms with Gasteiger partial charge in [-0.05, 0) is 60.7 Å². The number of benzene rings is 3. The summed E-state index contributed by atoms with van der Waals surface area (Å²) in [5.74, 6) is -0.325. The van der Waals surface area contributed by atoms with E-state index in [4.69, 9.17) is 0 Å². The molecule has 0 atom stereocenters. The fraction of sp³-hybridized carbons (Fsp3) is 0.0500. The third-order valence-electron chi connectivity index (χ3n) is 3.71. The van der Waals surface area contributed by atoms with Crippen LogP contribution in [-0.2, 0) is 9.84 Å². The highest BCUT2D eigenvalue weighted by Gasteiger charge is 2.10. The second-order valence-corrected chi connectivity index (χ2v) is 7.85. The van der Waals surface area contributed by atoms with E-state index in [9.17, 15) is 13.2 Å². The first-order valence-corrected chi connectivity index (χ1v) is 9.99. The lowest BCUT2D eigenvalue weighted by atomic mass is 10.2. The molecule has 3 rings (SSSR count). The molecule has 27 heavy (non-hydrogen) atoms. The Morgan fingerprint density at radius 3 is 1.89 bits per heavy atom. The van der Waals surface area contributed by atoms with E-state index in [1.165, 1.54) is 24.3 Å². The third kappa shape index (κ3) is 5.08. The topological polar surface area (TPSA) is 88.0 Å². The average Bonchev–Trinajstić information content (AvgIpc) is 2.68. The van der Waals surface area contributed by atoms with Crippen LogP contribution in [0.1, 0.15) is 10.4 Å². The second-order valence-electron chi connectivity index (χ2n) is 5.83. The van der Waals surface area contributed by atoms with Crippen LogP contribution in [0, 0.1) is 0 Å². The molecular formula is C20H17N3O3S. The fourth-order valence-electron chi connectivity index (χ4n) is 2.28. The highest BCUT2D eigenvalue weighted by molar-refractivity contribution is 7.90. The number of hydrogen-bond donors (Lipinski definition) is 1. The van der Waals surface area contributed by atoms with Gasteiger partial charge in [0.1, 0.15) is 0 Å². The SMILES string of the molecule is CS(=O)(=O)c1ccc(C(=O)Nc2ccc(N=Nc3ccccc3)cc2)cc1. The molecule has 0 aliphatic rings. The second kappa shape index (κ2) is 7.92. The van der Waals surface area contributed by atoms with Gasteiger partial charge in [0.05, 0.1) is 16.3 Å². The van der Waals surface area contributed by atoms with Gasteiger partial charge in [-0.1, -0.05) is 18.2 Å². The minimum atomic E-state index is -3.29. The summed E-state index contributed by atoms with van der Waals surface area (Å²) in [6.07, 6.45) is 1.12. The minimum Gasteiger partial charge on any atom is -0.322 e. The Bertz CT molecular complexity index is 1060. The molecule has 0 fully saturated rings. The Hall–Kier alpha value is -3.32. The van der Waals surface area contributed by atoms with E-state index in [1.54, 1.807) is 24.3 Å². The Morgan fingerprint density at radius 2 is 1.33 bits per heavy atom. The molecule has 0 aliphatic carbocycles. The summed E-state index contributed by atoms with van der Waals surface area (Å²) in [7, 11) is -3.29. The van der Waals surface area contributed by atoms with E-state index >= 15 is 0 Å². The number of sulfone groups is 1. The van der Waals surface area contributed by atoms with Crippen molar-refractivity contribution in [2.75, 3.05) is 11.6 Å². The lowest BCUT2D eigenvalue weighted by Gasteiger charge is -2.06. The van der Waals surface area contributed by atoms with E-state index in [0.29, 0.717) is 16.9 Å². The monoisotopic (exact) mass is 379 g/mol. The first-order valence-electron chi connectivity index (χ1n) is 8.10. The average molecular weight is 379 g/mol. The van der Waals surface area contributed by atoms with Crippen molar-refractivity contribution in [1.82, 2.24) is 0 Å². The molecule has 6 nitrogen and oxygen atoms in total. The molecule has 0 aliphatic heterocycles. The first kappa shape index (κ1) is 18.5. The van der Waals surface area contributed by atoms with Gasteiger partial charge in [-0.2, -0.15) is 10.2 Å². The zero-order chi connectivity index (χ0) is 19.3. The molecule has 0 saturated carbocycles. The number of carbonyl (C=O) groups excluding carboxylic acids is 1. The molecule has 1 amide bonds. The molecule has 0 aromatic heterocycles.